The Kier molecular flexibility index (Phi) is 5.36. The molecule has 2 atom stereocenters. The number of aromatic nitrogens is 1. The van der Waals surface area contributed by atoms with Crippen LogP contribution in [0.4, 0.5) is 0 Å². The molecule has 160 valence electrons. The second-order valence-electron chi connectivity index (χ2n) is 8.99. The van der Waals surface area contributed by atoms with Gasteiger partial charge in [-0.2, -0.15) is 0 Å². The van der Waals surface area contributed by atoms with E-state index in [9.17, 15) is 9.59 Å². The third-order valence-electron chi connectivity index (χ3n) is 6.79. The number of hydrogen-bond acceptors (Lipinski definition) is 3. The average Bonchev–Trinajstić information content (AvgIpc) is 3.64. The van der Waals surface area contributed by atoms with Crippen LogP contribution in [0.2, 0.25) is 0 Å². The van der Waals surface area contributed by atoms with E-state index in [1.807, 2.05) is 12.3 Å². The van der Waals surface area contributed by atoms with E-state index in [4.69, 9.17) is 0 Å². The first-order valence-electron chi connectivity index (χ1n) is 11.3. The van der Waals surface area contributed by atoms with Crippen molar-refractivity contribution in [2.24, 2.45) is 13.0 Å². The molecule has 5 heteroatoms. The quantitative estimate of drug-likeness (QED) is 0.695. The van der Waals surface area contributed by atoms with E-state index in [-0.39, 0.29) is 23.3 Å². The van der Waals surface area contributed by atoms with Crippen molar-refractivity contribution in [3.05, 3.63) is 82.3 Å². The zero-order chi connectivity index (χ0) is 21.4. The van der Waals surface area contributed by atoms with Crippen LogP contribution in [0, 0.1) is 5.92 Å². The fraction of sp³-hybridized carbons (Fsp3) is 0.385. The summed E-state index contributed by atoms with van der Waals surface area (Å²) in [5.74, 6) is 0.163. The van der Waals surface area contributed by atoms with Crippen LogP contribution in [0.25, 0.3) is 10.8 Å². The lowest BCUT2D eigenvalue weighted by atomic mass is 9.80. The van der Waals surface area contributed by atoms with Crippen molar-refractivity contribution in [2.75, 3.05) is 13.1 Å². The first-order chi connectivity index (χ1) is 15.1. The summed E-state index contributed by atoms with van der Waals surface area (Å²) in [7, 11) is 1.76. The molecular weight excluding hydrogens is 386 g/mol. The van der Waals surface area contributed by atoms with Crippen molar-refractivity contribution < 1.29 is 4.79 Å². The molecule has 31 heavy (non-hydrogen) atoms. The van der Waals surface area contributed by atoms with Gasteiger partial charge in [0.15, 0.2) is 0 Å². The Bertz CT molecular complexity index is 1160. The smallest absolute Gasteiger partial charge is 0.250 e. The summed E-state index contributed by atoms with van der Waals surface area (Å²) in [4.78, 5) is 28.1. The van der Waals surface area contributed by atoms with Crippen LogP contribution in [0.1, 0.15) is 36.3 Å². The molecule has 0 radical (unpaired) electrons. The number of piperidine rings is 1. The van der Waals surface area contributed by atoms with Crippen LogP contribution in [0.15, 0.2) is 65.6 Å². The Morgan fingerprint density at radius 3 is 2.65 bits per heavy atom. The minimum absolute atomic E-state index is 0.0163. The Labute approximate surface area is 182 Å². The number of hydrogen-bond donors (Lipinski definition) is 1. The van der Waals surface area contributed by atoms with Gasteiger partial charge in [0.2, 0.25) is 5.91 Å². The van der Waals surface area contributed by atoms with Crippen LogP contribution < -0.4 is 10.9 Å². The monoisotopic (exact) mass is 415 g/mol. The predicted octanol–water partition coefficient (Wildman–Crippen LogP) is 3.42. The van der Waals surface area contributed by atoms with Crippen molar-refractivity contribution in [1.29, 1.82) is 0 Å². The summed E-state index contributed by atoms with van der Waals surface area (Å²) in [5.41, 5.74) is 2.15. The first-order valence-corrected chi connectivity index (χ1v) is 11.3. The molecule has 5 nitrogen and oxygen atoms in total. The summed E-state index contributed by atoms with van der Waals surface area (Å²) in [6.07, 6.45) is 4.85. The predicted molar refractivity (Wildman–Crippen MR) is 123 cm³/mol. The normalized spacial score (nSPS) is 21.2. The van der Waals surface area contributed by atoms with Crippen LogP contribution in [0.3, 0.4) is 0 Å². The molecule has 1 saturated carbocycles. The van der Waals surface area contributed by atoms with Crippen molar-refractivity contribution in [2.45, 2.75) is 37.8 Å². The van der Waals surface area contributed by atoms with Gasteiger partial charge in [-0.25, -0.2) is 0 Å². The Morgan fingerprint density at radius 2 is 1.87 bits per heavy atom. The SMILES string of the molecule is Cn1ccc([C@@H]2CCNC[C@H]2C(=O)N(Cc2ccc3ccccc3c2)C2CC2)cc1=O. The lowest BCUT2D eigenvalue weighted by Crippen LogP contribution is -2.47. The minimum atomic E-state index is -0.137. The van der Waals surface area contributed by atoms with Gasteiger partial charge in [-0.15, -0.1) is 0 Å². The van der Waals surface area contributed by atoms with E-state index in [1.165, 1.54) is 16.3 Å². The highest BCUT2D eigenvalue weighted by Crippen LogP contribution is 2.36. The molecule has 2 aromatic carbocycles. The van der Waals surface area contributed by atoms with E-state index in [2.05, 4.69) is 52.7 Å². The average molecular weight is 416 g/mol. The molecule has 1 N–H and O–H groups in total. The number of nitrogens with one attached hydrogen (secondary N) is 1. The highest BCUT2D eigenvalue weighted by molar-refractivity contribution is 5.84. The van der Waals surface area contributed by atoms with Gasteiger partial charge >= 0.3 is 0 Å². The van der Waals surface area contributed by atoms with E-state index in [1.54, 1.807) is 17.7 Å². The van der Waals surface area contributed by atoms with Gasteiger partial charge in [-0.3, -0.25) is 9.59 Å². The number of nitrogens with zero attached hydrogens (tertiary/aromatic N) is 2. The topological polar surface area (TPSA) is 54.3 Å². The second-order valence-corrected chi connectivity index (χ2v) is 8.99. The lowest BCUT2D eigenvalue weighted by Gasteiger charge is -2.35. The van der Waals surface area contributed by atoms with Crippen molar-refractivity contribution in [1.82, 2.24) is 14.8 Å². The van der Waals surface area contributed by atoms with Gasteiger partial charge in [0, 0.05) is 38.4 Å². The molecule has 0 spiro atoms. The standard InChI is InChI=1S/C26H29N3O2/c1-28-13-11-21(15-25(28)30)23-10-12-27-16-24(23)26(31)29(22-8-9-22)17-18-6-7-19-4-2-3-5-20(19)14-18/h2-7,11,13-15,22-24,27H,8-10,12,16-17H2,1H3/t23-,24+/m0/s1. The maximum Gasteiger partial charge on any atom is 0.250 e. The maximum atomic E-state index is 13.8. The Hall–Kier alpha value is -2.92. The first kappa shape index (κ1) is 20.0. The number of amides is 1. The van der Waals surface area contributed by atoms with Crippen LogP contribution in [0.5, 0.6) is 0 Å². The lowest BCUT2D eigenvalue weighted by molar-refractivity contribution is -0.138. The molecule has 1 aromatic heterocycles. The molecule has 0 unspecified atom stereocenters. The van der Waals surface area contributed by atoms with Gasteiger partial charge in [0.25, 0.3) is 5.56 Å². The van der Waals surface area contributed by atoms with Crippen molar-refractivity contribution >= 4 is 16.7 Å². The van der Waals surface area contributed by atoms with Crippen LogP contribution in [-0.4, -0.2) is 34.5 Å². The number of carbonyl (C=O) groups is 1. The molecule has 1 amide bonds. The van der Waals surface area contributed by atoms with Crippen LogP contribution in [-0.2, 0) is 18.4 Å². The molecule has 2 heterocycles. The van der Waals surface area contributed by atoms with Crippen LogP contribution >= 0.6 is 0 Å². The van der Waals surface area contributed by atoms with E-state index in [0.717, 1.165) is 31.4 Å². The molecular formula is C26H29N3O2. The summed E-state index contributed by atoms with van der Waals surface area (Å²) < 4.78 is 1.58. The third-order valence-corrected chi connectivity index (χ3v) is 6.79. The number of pyridine rings is 1. The third kappa shape index (κ3) is 4.15. The van der Waals surface area contributed by atoms with E-state index < -0.39 is 0 Å². The van der Waals surface area contributed by atoms with E-state index in [0.29, 0.717) is 19.1 Å². The highest BCUT2D eigenvalue weighted by Gasteiger charge is 2.40. The fourth-order valence-corrected chi connectivity index (χ4v) is 4.83. The highest BCUT2D eigenvalue weighted by atomic mass is 16.2. The van der Waals surface area contributed by atoms with Gasteiger partial charge in [-0.05, 0) is 65.8 Å². The number of fused-ring (bicyclic) bond motifs is 1. The maximum absolute atomic E-state index is 13.8. The molecule has 0 bridgehead atoms. The number of carbonyl (C=O) groups excluding carboxylic acids is 1. The van der Waals surface area contributed by atoms with Gasteiger partial charge in [-0.1, -0.05) is 36.4 Å². The van der Waals surface area contributed by atoms with Gasteiger partial charge in [0.05, 0.1) is 5.92 Å². The molecule has 3 aromatic rings. The molecule has 2 fully saturated rings. The largest absolute Gasteiger partial charge is 0.335 e. The minimum Gasteiger partial charge on any atom is -0.335 e. The Morgan fingerprint density at radius 1 is 1.06 bits per heavy atom. The summed E-state index contributed by atoms with van der Waals surface area (Å²) in [6.45, 7) is 2.19. The molecule has 2 aliphatic rings. The zero-order valence-corrected chi connectivity index (χ0v) is 18.0. The molecule has 1 aliphatic carbocycles. The molecule has 1 aliphatic heterocycles. The zero-order valence-electron chi connectivity index (χ0n) is 18.0. The molecule has 1 saturated heterocycles. The van der Waals surface area contributed by atoms with Gasteiger partial charge in [0.1, 0.15) is 0 Å². The second kappa shape index (κ2) is 8.31. The van der Waals surface area contributed by atoms with Gasteiger partial charge < -0.3 is 14.8 Å². The summed E-state index contributed by atoms with van der Waals surface area (Å²) >= 11 is 0. The fourth-order valence-electron chi connectivity index (χ4n) is 4.83. The Balaban J connectivity index is 1.41. The van der Waals surface area contributed by atoms with Crippen molar-refractivity contribution in [3.63, 3.8) is 0 Å². The summed E-state index contributed by atoms with van der Waals surface area (Å²) in [6, 6.07) is 18.9. The molecule has 5 rings (SSSR count). The van der Waals surface area contributed by atoms with E-state index >= 15 is 0 Å². The summed E-state index contributed by atoms with van der Waals surface area (Å²) in [5, 5.41) is 5.84. The number of benzene rings is 2. The van der Waals surface area contributed by atoms with Crippen molar-refractivity contribution in [3.8, 4) is 0 Å². The number of aryl methyl sites for hydroxylation is 1. The number of rotatable bonds is 5.